The van der Waals surface area contributed by atoms with Gasteiger partial charge in [-0.05, 0) is 48.5 Å². The largest absolute Gasteiger partial charge is 0.478 e. The fourth-order valence-electron chi connectivity index (χ4n) is 2.41. The molecule has 0 aliphatic rings. The summed E-state index contributed by atoms with van der Waals surface area (Å²) in [7, 11) is 0. The van der Waals surface area contributed by atoms with Gasteiger partial charge in [0.2, 0.25) is 0 Å². The molecular weight excluding hydrogens is 448 g/mol. The van der Waals surface area contributed by atoms with Crippen LogP contribution in [0.3, 0.4) is 0 Å². The predicted octanol–water partition coefficient (Wildman–Crippen LogP) is 8.09. The highest BCUT2D eigenvalue weighted by Gasteiger charge is 2.01. The van der Waals surface area contributed by atoms with E-state index in [-0.39, 0.29) is 5.97 Å². The molecule has 192 valence electrons. The van der Waals surface area contributed by atoms with Gasteiger partial charge in [-0.2, -0.15) is 0 Å². The van der Waals surface area contributed by atoms with Gasteiger partial charge in [-0.1, -0.05) is 120 Å². The van der Waals surface area contributed by atoms with E-state index in [1.54, 1.807) is 39.0 Å². The fourth-order valence-corrected chi connectivity index (χ4v) is 2.41. The molecule has 0 rings (SSSR count). The molecule has 4 nitrogen and oxygen atoms in total. The van der Waals surface area contributed by atoms with Gasteiger partial charge >= 0.3 is 11.9 Å². The minimum absolute atomic E-state index is 0.294. The Hall–Kier alpha value is -3.92. The summed E-state index contributed by atoms with van der Waals surface area (Å²) in [6, 6.07) is 0. The molecule has 0 unspecified atom stereocenters. The molecule has 0 bridgehead atoms. The van der Waals surface area contributed by atoms with Crippen molar-refractivity contribution in [2.45, 2.75) is 48.5 Å². The molecule has 0 aliphatic heterocycles. The monoisotopic (exact) mass is 488 g/mol. The molecule has 0 atom stereocenters. The third-order valence-electron chi connectivity index (χ3n) is 4.61. The van der Waals surface area contributed by atoms with Crippen LogP contribution in [0.1, 0.15) is 48.5 Å². The molecule has 0 spiro atoms. The van der Waals surface area contributed by atoms with Crippen molar-refractivity contribution in [3.05, 3.63) is 131 Å². The van der Waals surface area contributed by atoms with E-state index in [0.29, 0.717) is 17.8 Å². The summed E-state index contributed by atoms with van der Waals surface area (Å²) in [6.07, 6.45) is 30.8. The van der Waals surface area contributed by atoms with Gasteiger partial charge in [0.05, 0.1) is 6.61 Å². The number of ether oxygens (including phenoxy) is 1. The van der Waals surface area contributed by atoms with Crippen molar-refractivity contribution in [1.29, 1.82) is 0 Å². The first kappa shape index (κ1) is 32.1. The second kappa shape index (κ2) is 19.4. The van der Waals surface area contributed by atoms with E-state index in [1.807, 2.05) is 107 Å². The van der Waals surface area contributed by atoms with Crippen molar-refractivity contribution in [3.63, 3.8) is 0 Å². The quantitative estimate of drug-likeness (QED) is 0.162. The minimum atomic E-state index is -0.913. The first-order valence-corrected chi connectivity index (χ1v) is 11.9. The number of aliphatic carboxylic acids is 1. The fraction of sp³-hybridized carbons (Fsp3) is 0.250. The lowest BCUT2D eigenvalue weighted by atomic mass is 10.2. The van der Waals surface area contributed by atoms with Gasteiger partial charge in [-0.25, -0.2) is 9.59 Å². The topological polar surface area (TPSA) is 63.6 Å². The van der Waals surface area contributed by atoms with E-state index in [1.165, 1.54) is 0 Å². The predicted molar refractivity (Wildman–Crippen MR) is 153 cm³/mol. The van der Waals surface area contributed by atoms with Crippen LogP contribution in [0.25, 0.3) is 0 Å². The molecule has 36 heavy (non-hydrogen) atoms. The number of allylic oxidation sites excluding steroid dienone is 20. The van der Waals surface area contributed by atoms with Crippen molar-refractivity contribution < 1.29 is 19.4 Å². The first-order valence-electron chi connectivity index (χ1n) is 11.9. The van der Waals surface area contributed by atoms with Crippen LogP contribution in [-0.2, 0) is 14.3 Å². The molecular formula is C32H40O4. The van der Waals surface area contributed by atoms with E-state index in [0.717, 1.165) is 22.3 Å². The Balaban J connectivity index is 4.79. The number of carboxylic acids is 1. The summed E-state index contributed by atoms with van der Waals surface area (Å²) >= 11 is 0. The second-order valence-corrected chi connectivity index (χ2v) is 8.19. The molecule has 0 aromatic carbocycles. The summed E-state index contributed by atoms with van der Waals surface area (Å²) in [5.74, 6) is -1.21. The molecule has 0 aliphatic carbocycles. The van der Waals surface area contributed by atoms with Crippen LogP contribution in [-0.4, -0.2) is 23.7 Å². The van der Waals surface area contributed by atoms with Crippen LogP contribution in [0.5, 0.6) is 0 Å². The Morgan fingerprint density at radius 3 is 1.25 bits per heavy atom. The highest BCUT2D eigenvalue weighted by atomic mass is 16.5. The van der Waals surface area contributed by atoms with Crippen LogP contribution in [0.4, 0.5) is 0 Å². The van der Waals surface area contributed by atoms with Crippen molar-refractivity contribution in [1.82, 2.24) is 0 Å². The number of hydrogen-bond donors (Lipinski definition) is 1. The Kier molecular flexibility index (Phi) is 17.3. The molecule has 0 aromatic rings. The van der Waals surface area contributed by atoms with Crippen LogP contribution in [0.2, 0.25) is 0 Å². The van der Waals surface area contributed by atoms with Crippen molar-refractivity contribution in [2.75, 3.05) is 6.61 Å². The molecule has 0 aromatic heterocycles. The molecule has 0 heterocycles. The molecule has 0 amide bonds. The lowest BCUT2D eigenvalue weighted by Gasteiger charge is -1.99. The Morgan fingerprint density at radius 2 is 0.889 bits per heavy atom. The summed E-state index contributed by atoms with van der Waals surface area (Å²) < 4.78 is 4.95. The average Bonchev–Trinajstić information content (AvgIpc) is 2.81. The molecule has 1 N–H and O–H groups in total. The van der Waals surface area contributed by atoms with Crippen molar-refractivity contribution in [3.8, 4) is 0 Å². The van der Waals surface area contributed by atoms with Crippen LogP contribution < -0.4 is 0 Å². The highest BCUT2D eigenvalue weighted by Crippen LogP contribution is 2.04. The molecule has 0 saturated carbocycles. The van der Waals surface area contributed by atoms with Gasteiger partial charge in [0.15, 0.2) is 0 Å². The zero-order valence-electron chi connectivity index (χ0n) is 22.6. The molecule has 0 radical (unpaired) electrons. The number of esters is 1. The SMILES string of the molecule is CCOC(=O)/C(C)=C/C=C/C(C)=C/C=C/C(C)=C/C=C/C=C(C)/C=C/C=C(C)/C=C/C=C(\C)C(=O)O. The Morgan fingerprint density at radius 1 is 0.556 bits per heavy atom. The van der Waals surface area contributed by atoms with Gasteiger partial charge in [0, 0.05) is 11.1 Å². The lowest BCUT2D eigenvalue weighted by molar-refractivity contribution is -0.138. The summed E-state index contributed by atoms with van der Waals surface area (Å²) in [5, 5.41) is 8.83. The second-order valence-electron chi connectivity index (χ2n) is 8.19. The summed E-state index contributed by atoms with van der Waals surface area (Å²) in [4.78, 5) is 22.3. The maximum absolute atomic E-state index is 11.6. The van der Waals surface area contributed by atoms with E-state index in [2.05, 4.69) is 0 Å². The Labute approximate surface area is 217 Å². The maximum Gasteiger partial charge on any atom is 0.333 e. The lowest BCUT2D eigenvalue weighted by Crippen LogP contribution is -2.04. The van der Waals surface area contributed by atoms with Crippen LogP contribution in [0, 0.1) is 0 Å². The summed E-state index contributed by atoms with van der Waals surface area (Å²) in [6.45, 7) is 13.5. The summed E-state index contributed by atoms with van der Waals surface area (Å²) in [5.41, 5.74) is 5.20. The van der Waals surface area contributed by atoms with Crippen molar-refractivity contribution in [2.24, 2.45) is 0 Å². The number of carbonyl (C=O) groups excluding carboxylic acids is 1. The number of carbonyl (C=O) groups is 2. The van der Waals surface area contributed by atoms with Gasteiger partial charge in [-0.3, -0.25) is 0 Å². The minimum Gasteiger partial charge on any atom is -0.478 e. The third kappa shape index (κ3) is 17.5. The van der Waals surface area contributed by atoms with Crippen molar-refractivity contribution >= 4 is 11.9 Å². The highest BCUT2D eigenvalue weighted by molar-refractivity contribution is 5.88. The standard InChI is InChI=1S/C32H40O4/c1-8-36-32(35)30(7)24-14-22-28(5)20-12-18-26(3)16-10-9-15-25(2)17-11-19-27(4)21-13-23-29(6)31(33)34/h9-24H,8H2,1-7H3,(H,33,34)/b10-9+,17-11+,18-12+,21-13+,22-14+,25-15+,26-16+,27-19+,28-20+,29-23+,30-24+. The van der Waals surface area contributed by atoms with E-state index in [9.17, 15) is 9.59 Å². The molecule has 0 fully saturated rings. The number of rotatable bonds is 13. The van der Waals surface area contributed by atoms with Crippen LogP contribution in [0.15, 0.2) is 131 Å². The zero-order chi connectivity index (χ0) is 27.3. The average molecular weight is 489 g/mol. The van der Waals surface area contributed by atoms with Crippen LogP contribution >= 0.6 is 0 Å². The maximum atomic E-state index is 11.6. The number of hydrogen-bond acceptors (Lipinski definition) is 3. The number of carboxylic acid groups (broad SMARTS) is 1. The van der Waals surface area contributed by atoms with Gasteiger partial charge in [-0.15, -0.1) is 0 Å². The molecule has 0 saturated heterocycles. The zero-order valence-corrected chi connectivity index (χ0v) is 22.6. The normalized spacial score (nSPS) is 15.4. The van der Waals surface area contributed by atoms with Gasteiger partial charge in [0.1, 0.15) is 0 Å². The smallest absolute Gasteiger partial charge is 0.333 e. The van der Waals surface area contributed by atoms with Gasteiger partial charge in [0.25, 0.3) is 0 Å². The van der Waals surface area contributed by atoms with E-state index in [4.69, 9.17) is 9.84 Å². The van der Waals surface area contributed by atoms with Gasteiger partial charge < -0.3 is 9.84 Å². The van der Waals surface area contributed by atoms with E-state index >= 15 is 0 Å². The third-order valence-corrected chi connectivity index (χ3v) is 4.61. The van der Waals surface area contributed by atoms with E-state index < -0.39 is 5.97 Å². The first-order chi connectivity index (χ1) is 17.1. The Bertz CT molecular complexity index is 1080. The molecule has 4 heteroatoms.